The van der Waals surface area contributed by atoms with Crippen LogP contribution in [0, 0.1) is 12.8 Å². The van der Waals surface area contributed by atoms with Crippen LogP contribution < -0.4 is 0 Å². The number of hydrogen-bond acceptors (Lipinski definition) is 3. The third-order valence-electron chi connectivity index (χ3n) is 3.16. The normalized spacial score (nSPS) is 23.8. The molecule has 0 aromatic heterocycles. The van der Waals surface area contributed by atoms with E-state index in [-0.39, 0.29) is 16.9 Å². The summed E-state index contributed by atoms with van der Waals surface area (Å²) < 4.78 is 0. The van der Waals surface area contributed by atoms with E-state index in [1.165, 1.54) is 11.8 Å². The summed E-state index contributed by atoms with van der Waals surface area (Å²) in [6, 6.07) is 5.52. The monoisotopic (exact) mass is 252 g/mol. The van der Waals surface area contributed by atoms with E-state index in [1.807, 2.05) is 19.1 Å². The number of aryl methyl sites for hydroxylation is 1. The predicted octanol–water partition coefficient (Wildman–Crippen LogP) is 3.05. The maximum Gasteiger partial charge on any atom is 0.307 e. The number of carboxylic acid groups (broad SMARTS) is 1. The molecule has 92 valence electrons. The molecule has 4 heteroatoms. The van der Waals surface area contributed by atoms with Gasteiger partial charge in [0.2, 0.25) is 0 Å². The summed E-state index contributed by atoms with van der Waals surface area (Å²) in [4.78, 5) is 11.9. The van der Waals surface area contributed by atoms with E-state index in [4.69, 9.17) is 5.11 Å². The Morgan fingerprint density at radius 1 is 1.41 bits per heavy atom. The number of benzene rings is 1. The van der Waals surface area contributed by atoms with Crippen LogP contribution in [0.25, 0.3) is 0 Å². The molecule has 0 radical (unpaired) electrons. The van der Waals surface area contributed by atoms with Gasteiger partial charge in [0.1, 0.15) is 5.75 Å². The van der Waals surface area contributed by atoms with Crippen molar-refractivity contribution < 1.29 is 15.0 Å². The van der Waals surface area contributed by atoms with Gasteiger partial charge in [0.15, 0.2) is 0 Å². The van der Waals surface area contributed by atoms with Crippen LogP contribution in [0.2, 0.25) is 0 Å². The highest BCUT2D eigenvalue weighted by molar-refractivity contribution is 8.00. The average molecular weight is 252 g/mol. The van der Waals surface area contributed by atoms with E-state index in [0.29, 0.717) is 0 Å². The second-order valence-electron chi connectivity index (χ2n) is 4.50. The van der Waals surface area contributed by atoms with Gasteiger partial charge in [0.05, 0.1) is 5.92 Å². The minimum absolute atomic E-state index is 0.0844. The van der Waals surface area contributed by atoms with Gasteiger partial charge in [-0.15, -0.1) is 11.8 Å². The molecule has 2 rings (SSSR count). The number of phenolic OH excluding ortho intramolecular Hbond substituents is 1. The van der Waals surface area contributed by atoms with Crippen LogP contribution in [0.4, 0.5) is 0 Å². The van der Waals surface area contributed by atoms with Crippen LogP contribution >= 0.6 is 11.8 Å². The minimum atomic E-state index is -0.716. The number of rotatable bonds is 3. The molecule has 0 saturated heterocycles. The first-order valence-electron chi connectivity index (χ1n) is 5.77. The van der Waals surface area contributed by atoms with Gasteiger partial charge in [0, 0.05) is 10.1 Å². The lowest BCUT2D eigenvalue weighted by Gasteiger charge is -2.16. The van der Waals surface area contributed by atoms with Crippen molar-refractivity contribution in [3.05, 3.63) is 23.8 Å². The van der Waals surface area contributed by atoms with Gasteiger partial charge < -0.3 is 10.2 Å². The number of carboxylic acids is 1. The molecule has 1 aliphatic rings. The van der Waals surface area contributed by atoms with Gasteiger partial charge in [-0.05, 0) is 37.5 Å². The van der Waals surface area contributed by atoms with E-state index in [1.54, 1.807) is 6.07 Å². The molecular formula is C13H16O3S. The summed E-state index contributed by atoms with van der Waals surface area (Å²) in [5.41, 5.74) is 1.01. The zero-order chi connectivity index (χ0) is 12.4. The van der Waals surface area contributed by atoms with Gasteiger partial charge >= 0.3 is 5.97 Å². The molecule has 1 aromatic carbocycles. The van der Waals surface area contributed by atoms with Crippen molar-refractivity contribution in [1.82, 2.24) is 0 Å². The summed E-state index contributed by atoms with van der Waals surface area (Å²) in [5, 5.41) is 19.0. The standard InChI is InChI=1S/C13H16O3S/c1-8-5-6-12(10(14)7-8)17-11-4-2-3-9(11)13(15)16/h5-7,9,11,14H,2-4H2,1H3,(H,15,16)/t9-,11+/m0/s1. The number of thioether (sulfide) groups is 1. The Bertz CT molecular complexity index is 431. The Morgan fingerprint density at radius 2 is 2.18 bits per heavy atom. The fourth-order valence-electron chi connectivity index (χ4n) is 2.24. The zero-order valence-electron chi connectivity index (χ0n) is 9.72. The number of phenols is 1. The third kappa shape index (κ3) is 2.75. The molecule has 0 amide bonds. The second-order valence-corrected chi connectivity index (χ2v) is 5.78. The van der Waals surface area contributed by atoms with Crippen LogP contribution in [0.15, 0.2) is 23.1 Å². The summed E-state index contributed by atoms with van der Waals surface area (Å²) in [7, 11) is 0. The molecule has 1 aromatic rings. The van der Waals surface area contributed by atoms with Crippen molar-refractivity contribution in [2.75, 3.05) is 0 Å². The van der Waals surface area contributed by atoms with Crippen molar-refractivity contribution in [3.8, 4) is 5.75 Å². The maximum absolute atomic E-state index is 11.1. The van der Waals surface area contributed by atoms with Crippen LogP contribution in [0.3, 0.4) is 0 Å². The van der Waals surface area contributed by atoms with Gasteiger partial charge in [0.25, 0.3) is 0 Å². The Hall–Kier alpha value is -1.16. The smallest absolute Gasteiger partial charge is 0.307 e. The average Bonchev–Trinajstić information content (AvgIpc) is 2.70. The molecule has 3 nitrogen and oxygen atoms in total. The SMILES string of the molecule is Cc1ccc(S[C@@H]2CCC[C@@H]2C(=O)O)c(O)c1. The first-order chi connectivity index (χ1) is 8.08. The number of carbonyl (C=O) groups is 1. The highest BCUT2D eigenvalue weighted by Gasteiger charge is 2.33. The zero-order valence-corrected chi connectivity index (χ0v) is 10.5. The molecule has 0 heterocycles. The van der Waals surface area contributed by atoms with Crippen molar-refractivity contribution >= 4 is 17.7 Å². The number of hydrogen-bond donors (Lipinski definition) is 2. The first-order valence-corrected chi connectivity index (χ1v) is 6.65. The minimum Gasteiger partial charge on any atom is -0.507 e. The lowest BCUT2D eigenvalue weighted by atomic mass is 10.1. The van der Waals surface area contributed by atoms with E-state index >= 15 is 0 Å². The number of aliphatic carboxylic acids is 1. The number of aromatic hydroxyl groups is 1. The van der Waals surface area contributed by atoms with Gasteiger partial charge in [-0.3, -0.25) is 4.79 Å². The summed E-state index contributed by atoms with van der Waals surface area (Å²) >= 11 is 1.49. The van der Waals surface area contributed by atoms with Crippen molar-refractivity contribution in [3.63, 3.8) is 0 Å². The Kier molecular flexibility index (Phi) is 3.62. The van der Waals surface area contributed by atoms with Crippen LogP contribution in [-0.4, -0.2) is 21.4 Å². The van der Waals surface area contributed by atoms with E-state index in [2.05, 4.69) is 0 Å². The molecule has 1 aliphatic carbocycles. The van der Waals surface area contributed by atoms with Gasteiger partial charge in [-0.25, -0.2) is 0 Å². The van der Waals surface area contributed by atoms with Gasteiger partial charge in [-0.2, -0.15) is 0 Å². The fourth-order valence-corrected chi connectivity index (χ4v) is 3.59. The highest BCUT2D eigenvalue weighted by atomic mass is 32.2. The van der Waals surface area contributed by atoms with E-state index < -0.39 is 5.97 Å². The molecule has 1 saturated carbocycles. The van der Waals surface area contributed by atoms with Crippen molar-refractivity contribution in [2.45, 2.75) is 36.3 Å². The molecule has 0 spiro atoms. The Labute approximate surface area is 105 Å². The molecule has 1 fully saturated rings. The predicted molar refractivity (Wildman–Crippen MR) is 67.5 cm³/mol. The van der Waals surface area contributed by atoms with Crippen molar-refractivity contribution in [1.29, 1.82) is 0 Å². The molecular weight excluding hydrogens is 236 g/mol. The molecule has 0 bridgehead atoms. The third-order valence-corrected chi connectivity index (χ3v) is 4.63. The first kappa shape index (κ1) is 12.3. The van der Waals surface area contributed by atoms with Crippen molar-refractivity contribution in [2.24, 2.45) is 5.92 Å². The fraction of sp³-hybridized carbons (Fsp3) is 0.462. The van der Waals surface area contributed by atoms with E-state index in [0.717, 1.165) is 29.7 Å². The highest BCUT2D eigenvalue weighted by Crippen LogP contribution is 2.42. The maximum atomic E-state index is 11.1. The molecule has 0 aliphatic heterocycles. The van der Waals surface area contributed by atoms with Crippen LogP contribution in [0.1, 0.15) is 24.8 Å². The molecule has 2 atom stereocenters. The topological polar surface area (TPSA) is 57.5 Å². The van der Waals surface area contributed by atoms with Crippen LogP contribution in [-0.2, 0) is 4.79 Å². The lowest BCUT2D eigenvalue weighted by molar-refractivity contribution is -0.141. The largest absolute Gasteiger partial charge is 0.507 e. The molecule has 0 unspecified atom stereocenters. The van der Waals surface area contributed by atoms with Gasteiger partial charge in [-0.1, -0.05) is 12.5 Å². The Morgan fingerprint density at radius 3 is 2.82 bits per heavy atom. The Balaban J connectivity index is 2.12. The second kappa shape index (κ2) is 5.00. The summed E-state index contributed by atoms with van der Waals surface area (Å²) in [6.45, 7) is 1.92. The molecule has 2 N–H and O–H groups in total. The van der Waals surface area contributed by atoms with E-state index in [9.17, 15) is 9.90 Å². The molecule has 17 heavy (non-hydrogen) atoms. The summed E-state index contributed by atoms with van der Waals surface area (Å²) in [6.07, 6.45) is 2.62. The van der Waals surface area contributed by atoms with Crippen LogP contribution in [0.5, 0.6) is 5.75 Å². The summed E-state index contributed by atoms with van der Waals surface area (Å²) in [5.74, 6) is -0.738. The lowest BCUT2D eigenvalue weighted by Crippen LogP contribution is -2.19. The quantitative estimate of drug-likeness (QED) is 0.868.